The molecule has 0 spiro atoms. The summed E-state index contributed by atoms with van der Waals surface area (Å²) < 4.78 is 0. The van der Waals surface area contributed by atoms with Gasteiger partial charge in [0.2, 0.25) is 0 Å². The molecule has 1 saturated heterocycles. The largest absolute Gasteiger partial charge is 0.355 e. The van der Waals surface area contributed by atoms with E-state index in [0.29, 0.717) is 6.04 Å². The fraction of sp³-hybridized carbons (Fsp3) is 0.615. The number of aromatic nitrogens is 1. The summed E-state index contributed by atoms with van der Waals surface area (Å²) in [5, 5.41) is 3.42. The van der Waals surface area contributed by atoms with Crippen molar-refractivity contribution in [2.75, 3.05) is 31.1 Å². The number of fused-ring (bicyclic) bond motifs is 1. The maximum absolute atomic E-state index is 5.95. The molecule has 4 heteroatoms. The van der Waals surface area contributed by atoms with Gasteiger partial charge in [0.1, 0.15) is 5.82 Å². The fourth-order valence-corrected chi connectivity index (χ4v) is 2.69. The normalized spacial score (nSPS) is 24.5. The monoisotopic (exact) mass is 232 g/mol. The van der Waals surface area contributed by atoms with Crippen molar-refractivity contribution in [1.82, 2.24) is 10.3 Å². The van der Waals surface area contributed by atoms with Gasteiger partial charge in [-0.1, -0.05) is 6.07 Å². The van der Waals surface area contributed by atoms with Crippen LogP contribution in [0.15, 0.2) is 12.1 Å². The van der Waals surface area contributed by atoms with E-state index in [1.807, 2.05) is 0 Å². The van der Waals surface area contributed by atoms with E-state index in [2.05, 4.69) is 22.3 Å². The minimum Gasteiger partial charge on any atom is -0.355 e. The predicted octanol–water partition coefficient (Wildman–Crippen LogP) is 0.307. The molecule has 4 nitrogen and oxygen atoms in total. The topological polar surface area (TPSA) is 54.2 Å². The van der Waals surface area contributed by atoms with Crippen molar-refractivity contribution in [3.05, 3.63) is 23.4 Å². The Morgan fingerprint density at radius 2 is 2.18 bits per heavy atom. The number of anilines is 1. The van der Waals surface area contributed by atoms with Crippen LogP contribution in [0.1, 0.15) is 17.7 Å². The van der Waals surface area contributed by atoms with Gasteiger partial charge >= 0.3 is 0 Å². The summed E-state index contributed by atoms with van der Waals surface area (Å²) in [5.74, 6) is 1.11. The van der Waals surface area contributed by atoms with Crippen LogP contribution < -0.4 is 16.0 Å². The number of hydrogen-bond donors (Lipinski definition) is 2. The molecule has 17 heavy (non-hydrogen) atoms. The Hall–Kier alpha value is -1.13. The predicted molar refractivity (Wildman–Crippen MR) is 69.3 cm³/mol. The second-order valence-electron chi connectivity index (χ2n) is 5.02. The standard InChI is InChI=1S/C13H20N4/c14-11-5-8-17(9-11)13-2-1-10-3-6-15-7-4-12(10)16-13/h1-2,11,15H,3-9,14H2/t11-/m1/s1. The Kier molecular flexibility index (Phi) is 2.99. The number of nitrogens with two attached hydrogens (primary N) is 1. The molecule has 92 valence electrons. The van der Waals surface area contributed by atoms with Crippen LogP contribution in [0.25, 0.3) is 0 Å². The summed E-state index contributed by atoms with van der Waals surface area (Å²) in [6.45, 7) is 4.11. The van der Waals surface area contributed by atoms with E-state index in [1.54, 1.807) is 0 Å². The molecule has 1 fully saturated rings. The molecule has 0 saturated carbocycles. The van der Waals surface area contributed by atoms with E-state index in [0.717, 1.165) is 51.3 Å². The van der Waals surface area contributed by atoms with Crippen molar-refractivity contribution in [3.63, 3.8) is 0 Å². The summed E-state index contributed by atoms with van der Waals surface area (Å²) in [5.41, 5.74) is 8.62. The summed E-state index contributed by atoms with van der Waals surface area (Å²) in [4.78, 5) is 7.13. The molecule has 2 aliphatic rings. The SMILES string of the molecule is N[C@@H]1CCN(c2ccc3c(n2)CCNCC3)C1. The summed E-state index contributed by atoms with van der Waals surface area (Å²) in [7, 11) is 0. The maximum atomic E-state index is 5.95. The van der Waals surface area contributed by atoms with Crippen LogP contribution in [0.4, 0.5) is 5.82 Å². The molecule has 0 unspecified atom stereocenters. The van der Waals surface area contributed by atoms with Crippen LogP contribution in [0.5, 0.6) is 0 Å². The Balaban J connectivity index is 1.84. The van der Waals surface area contributed by atoms with Crippen molar-refractivity contribution in [3.8, 4) is 0 Å². The summed E-state index contributed by atoms with van der Waals surface area (Å²) in [6, 6.07) is 4.72. The molecule has 3 N–H and O–H groups in total. The first-order chi connectivity index (χ1) is 8.33. The van der Waals surface area contributed by atoms with Crippen molar-refractivity contribution in [2.24, 2.45) is 5.73 Å². The molecular weight excluding hydrogens is 212 g/mol. The smallest absolute Gasteiger partial charge is 0.128 e. The Morgan fingerprint density at radius 1 is 1.29 bits per heavy atom. The molecule has 0 aliphatic carbocycles. The first-order valence-corrected chi connectivity index (χ1v) is 6.53. The molecule has 0 bridgehead atoms. The quantitative estimate of drug-likeness (QED) is 0.731. The van der Waals surface area contributed by atoms with Gasteiger partial charge in [0.15, 0.2) is 0 Å². The van der Waals surface area contributed by atoms with Crippen molar-refractivity contribution in [1.29, 1.82) is 0 Å². The lowest BCUT2D eigenvalue weighted by molar-refractivity contribution is 0.708. The average Bonchev–Trinajstić information content (AvgIpc) is 2.64. The minimum atomic E-state index is 0.317. The van der Waals surface area contributed by atoms with E-state index < -0.39 is 0 Å². The van der Waals surface area contributed by atoms with Crippen LogP contribution in [0, 0.1) is 0 Å². The summed E-state index contributed by atoms with van der Waals surface area (Å²) in [6.07, 6.45) is 3.23. The Bertz CT molecular complexity index is 404. The van der Waals surface area contributed by atoms with Crippen LogP contribution in [0.3, 0.4) is 0 Å². The van der Waals surface area contributed by atoms with E-state index in [9.17, 15) is 0 Å². The lowest BCUT2D eigenvalue weighted by Crippen LogP contribution is -2.27. The number of nitrogens with zero attached hydrogens (tertiary/aromatic N) is 2. The highest BCUT2D eigenvalue weighted by atomic mass is 15.2. The molecule has 0 radical (unpaired) electrons. The van der Waals surface area contributed by atoms with E-state index in [4.69, 9.17) is 10.7 Å². The van der Waals surface area contributed by atoms with Crippen LogP contribution in [0.2, 0.25) is 0 Å². The van der Waals surface area contributed by atoms with E-state index >= 15 is 0 Å². The van der Waals surface area contributed by atoms with Crippen molar-refractivity contribution in [2.45, 2.75) is 25.3 Å². The van der Waals surface area contributed by atoms with Crippen molar-refractivity contribution < 1.29 is 0 Å². The minimum absolute atomic E-state index is 0.317. The van der Waals surface area contributed by atoms with E-state index in [1.165, 1.54) is 11.3 Å². The summed E-state index contributed by atoms with van der Waals surface area (Å²) >= 11 is 0. The van der Waals surface area contributed by atoms with Crippen LogP contribution >= 0.6 is 0 Å². The van der Waals surface area contributed by atoms with Crippen LogP contribution in [-0.2, 0) is 12.8 Å². The van der Waals surface area contributed by atoms with Gasteiger partial charge in [0.05, 0.1) is 0 Å². The molecule has 0 amide bonds. The third-order valence-corrected chi connectivity index (χ3v) is 3.71. The highest BCUT2D eigenvalue weighted by Crippen LogP contribution is 2.20. The second-order valence-corrected chi connectivity index (χ2v) is 5.02. The Morgan fingerprint density at radius 3 is 3.00 bits per heavy atom. The molecule has 0 aromatic carbocycles. The van der Waals surface area contributed by atoms with Gasteiger partial charge < -0.3 is 16.0 Å². The van der Waals surface area contributed by atoms with Gasteiger partial charge in [-0.2, -0.15) is 0 Å². The molecule has 3 heterocycles. The molecule has 1 atom stereocenters. The fourth-order valence-electron chi connectivity index (χ4n) is 2.69. The third-order valence-electron chi connectivity index (χ3n) is 3.71. The second kappa shape index (κ2) is 4.63. The average molecular weight is 232 g/mol. The molecule has 3 rings (SSSR count). The van der Waals surface area contributed by atoms with Crippen LogP contribution in [-0.4, -0.2) is 37.2 Å². The van der Waals surface area contributed by atoms with Gasteiger partial charge in [-0.25, -0.2) is 4.98 Å². The Labute approximate surface area is 102 Å². The van der Waals surface area contributed by atoms with E-state index in [-0.39, 0.29) is 0 Å². The third kappa shape index (κ3) is 2.28. The van der Waals surface area contributed by atoms with Gasteiger partial charge in [-0.05, 0) is 31.0 Å². The zero-order chi connectivity index (χ0) is 11.7. The van der Waals surface area contributed by atoms with Gasteiger partial charge in [-0.15, -0.1) is 0 Å². The number of rotatable bonds is 1. The highest BCUT2D eigenvalue weighted by Gasteiger charge is 2.21. The van der Waals surface area contributed by atoms with Gasteiger partial charge in [-0.3, -0.25) is 0 Å². The molecule has 1 aromatic rings. The number of pyridine rings is 1. The highest BCUT2D eigenvalue weighted by molar-refractivity contribution is 5.43. The zero-order valence-electron chi connectivity index (χ0n) is 10.2. The maximum Gasteiger partial charge on any atom is 0.128 e. The first kappa shape index (κ1) is 11.0. The molecule has 1 aromatic heterocycles. The first-order valence-electron chi connectivity index (χ1n) is 6.53. The number of hydrogen-bond acceptors (Lipinski definition) is 4. The van der Waals surface area contributed by atoms with Gasteiger partial charge in [0, 0.05) is 37.8 Å². The zero-order valence-corrected chi connectivity index (χ0v) is 10.2. The molecular formula is C13H20N4. The number of nitrogens with one attached hydrogen (secondary N) is 1. The van der Waals surface area contributed by atoms with Gasteiger partial charge in [0.25, 0.3) is 0 Å². The van der Waals surface area contributed by atoms with Crippen molar-refractivity contribution >= 4 is 5.82 Å². The lowest BCUT2D eigenvalue weighted by Gasteiger charge is -2.18. The lowest BCUT2D eigenvalue weighted by atomic mass is 10.1. The molecule has 2 aliphatic heterocycles.